The molecule has 1 aromatic heterocycles. The third-order valence-electron chi connectivity index (χ3n) is 2.84. The van der Waals surface area contributed by atoms with Crippen molar-refractivity contribution in [3.05, 3.63) is 57.0 Å². The summed E-state index contributed by atoms with van der Waals surface area (Å²) in [7, 11) is 1.73. The van der Waals surface area contributed by atoms with Crippen LogP contribution in [-0.4, -0.2) is 21.9 Å². The summed E-state index contributed by atoms with van der Waals surface area (Å²) in [6.45, 7) is 2.50. The van der Waals surface area contributed by atoms with E-state index in [4.69, 9.17) is 11.6 Å². The highest BCUT2D eigenvalue weighted by Gasteiger charge is 2.24. The number of nitro groups is 1. The van der Waals surface area contributed by atoms with Crippen molar-refractivity contribution in [2.75, 3.05) is 11.9 Å². The minimum atomic E-state index is -0.566. The van der Waals surface area contributed by atoms with E-state index < -0.39 is 4.92 Å². The van der Waals surface area contributed by atoms with Crippen LogP contribution in [0.3, 0.4) is 0 Å². The highest BCUT2D eigenvalue weighted by Crippen LogP contribution is 2.31. The second-order valence-corrected chi connectivity index (χ2v) is 4.79. The van der Waals surface area contributed by atoms with Crippen LogP contribution >= 0.6 is 11.6 Å². The summed E-state index contributed by atoms with van der Waals surface area (Å²) >= 11 is 5.77. The molecule has 0 radical (unpaired) electrons. The number of nitrogens with zero attached hydrogens (tertiary/aromatic N) is 4. The summed E-state index contributed by atoms with van der Waals surface area (Å²) in [6.07, 6.45) is 1.22. The van der Waals surface area contributed by atoms with Crippen molar-refractivity contribution in [2.24, 2.45) is 0 Å². The highest BCUT2D eigenvalue weighted by molar-refractivity contribution is 6.31. The zero-order chi connectivity index (χ0) is 14.7. The normalized spacial score (nSPS) is 10.3. The zero-order valence-corrected chi connectivity index (χ0v) is 11.8. The Hall–Kier alpha value is -2.21. The molecule has 0 amide bonds. The first kappa shape index (κ1) is 14.2. The molecule has 0 unspecified atom stereocenters. The summed E-state index contributed by atoms with van der Waals surface area (Å²) in [6, 6.07) is 7.93. The minimum Gasteiger partial charge on any atom is -0.349 e. The Kier molecular flexibility index (Phi) is 4.14. The largest absolute Gasteiger partial charge is 0.349 e. The van der Waals surface area contributed by atoms with Gasteiger partial charge in [0.05, 0.1) is 4.92 Å². The molecule has 0 atom stereocenters. The Balaban J connectivity index is 2.29. The third kappa shape index (κ3) is 3.03. The molecular weight excluding hydrogens is 280 g/mol. The topological polar surface area (TPSA) is 72.2 Å². The maximum Gasteiger partial charge on any atom is 0.348 e. The first-order chi connectivity index (χ1) is 9.49. The van der Waals surface area contributed by atoms with Gasteiger partial charge in [-0.2, -0.15) is 0 Å². The molecule has 7 heteroatoms. The molecule has 1 aromatic carbocycles. The van der Waals surface area contributed by atoms with Gasteiger partial charge in [-0.3, -0.25) is 10.1 Å². The summed E-state index contributed by atoms with van der Waals surface area (Å²) in [5.74, 6) is 0.204. The van der Waals surface area contributed by atoms with E-state index in [2.05, 4.69) is 9.97 Å². The lowest BCUT2D eigenvalue weighted by molar-refractivity contribution is -0.384. The SMILES string of the molecule is Cc1ccc(CN(C)c2ncnc(Cl)c2[N+](=O)[O-])cc1. The van der Waals surface area contributed by atoms with Crippen LogP contribution in [0, 0.1) is 17.0 Å². The number of aromatic nitrogens is 2. The monoisotopic (exact) mass is 292 g/mol. The molecule has 1 heterocycles. The quantitative estimate of drug-likeness (QED) is 0.492. The third-order valence-corrected chi connectivity index (χ3v) is 3.12. The van der Waals surface area contributed by atoms with Gasteiger partial charge in [0.15, 0.2) is 0 Å². The average Bonchev–Trinajstić information content (AvgIpc) is 2.40. The van der Waals surface area contributed by atoms with Crippen molar-refractivity contribution >= 4 is 23.1 Å². The predicted molar refractivity (Wildman–Crippen MR) is 77.0 cm³/mol. The average molecular weight is 293 g/mol. The van der Waals surface area contributed by atoms with Crippen molar-refractivity contribution in [1.29, 1.82) is 0 Å². The molecule has 6 nitrogen and oxygen atoms in total. The minimum absolute atomic E-state index is 0.157. The molecule has 0 aliphatic rings. The van der Waals surface area contributed by atoms with E-state index in [1.165, 1.54) is 6.33 Å². The van der Waals surface area contributed by atoms with Crippen LogP contribution < -0.4 is 4.90 Å². The van der Waals surface area contributed by atoms with E-state index in [9.17, 15) is 10.1 Å². The molecule has 20 heavy (non-hydrogen) atoms. The van der Waals surface area contributed by atoms with Crippen molar-refractivity contribution in [3.63, 3.8) is 0 Å². The number of halogens is 1. The molecule has 0 bridgehead atoms. The lowest BCUT2D eigenvalue weighted by atomic mass is 10.1. The van der Waals surface area contributed by atoms with Gasteiger partial charge in [0.25, 0.3) is 0 Å². The number of hydrogen-bond donors (Lipinski definition) is 0. The van der Waals surface area contributed by atoms with Crippen LogP contribution in [0.1, 0.15) is 11.1 Å². The number of hydrogen-bond acceptors (Lipinski definition) is 5. The molecule has 0 saturated carbocycles. The number of benzene rings is 1. The number of aryl methyl sites for hydroxylation is 1. The van der Waals surface area contributed by atoms with Crippen molar-refractivity contribution in [1.82, 2.24) is 9.97 Å². The van der Waals surface area contributed by atoms with Crippen LogP contribution in [0.15, 0.2) is 30.6 Å². The Morgan fingerprint density at radius 1 is 1.30 bits per heavy atom. The molecule has 0 aliphatic heterocycles. The number of anilines is 1. The first-order valence-electron chi connectivity index (χ1n) is 5.90. The maximum atomic E-state index is 11.1. The summed E-state index contributed by atoms with van der Waals surface area (Å²) in [5.41, 5.74) is 1.92. The Morgan fingerprint density at radius 3 is 2.55 bits per heavy atom. The Morgan fingerprint density at radius 2 is 1.95 bits per heavy atom. The van der Waals surface area contributed by atoms with Gasteiger partial charge in [-0.1, -0.05) is 41.4 Å². The molecule has 2 aromatic rings. The highest BCUT2D eigenvalue weighted by atomic mass is 35.5. The van der Waals surface area contributed by atoms with Crippen LogP contribution in [0.25, 0.3) is 0 Å². The predicted octanol–water partition coefficient (Wildman–Crippen LogP) is 2.98. The standard InChI is InChI=1S/C13H13ClN4O2/c1-9-3-5-10(6-4-9)7-17(2)13-11(18(19)20)12(14)15-8-16-13/h3-6,8H,7H2,1-2H3. The first-order valence-corrected chi connectivity index (χ1v) is 6.28. The van der Waals surface area contributed by atoms with Gasteiger partial charge < -0.3 is 4.90 Å². The summed E-state index contributed by atoms with van der Waals surface area (Å²) in [5, 5.41) is 10.9. The number of rotatable bonds is 4. The second-order valence-electron chi connectivity index (χ2n) is 4.44. The fourth-order valence-corrected chi connectivity index (χ4v) is 2.02. The van der Waals surface area contributed by atoms with E-state index in [1.54, 1.807) is 11.9 Å². The summed E-state index contributed by atoms with van der Waals surface area (Å²) in [4.78, 5) is 19.8. The van der Waals surface area contributed by atoms with Crippen LogP contribution in [0.4, 0.5) is 11.5 Å². The molecule has 0 spiro atoms. The molecule has 0 aliphatic carbocycles. The molecule has 2 rings (SSSR count). The fourth-order valence-electron chi connectivity index (χ4n) is 1.83. The van der Waals surface area contributed by atoms with Gasteiger partial charge in [0, 0.05) is 13.6 Å². The Labute approximate surface area is 121 Å². The van der Waals surface area contributed by atoms with Crippen molar-refractivity contribution < 1.29 is 4.92 Å². The maximum absolute atomic E-state index is 11.1. The lowest BCUT2D eigenvalue weighted by Gasteiger charge is -2.18. The van der Waals surface area contributed by atoms with E-state index in [-0.39, 0.29) is 16.7 Å². The van der Waals surface area contributed by atoms with E-state index in [0.717, 1.165) is 11.1 Å². The second kappa shape index (κ2) is 5.83. The van der Waals surface area contributed by atoms with Gasteiger partial charge in [-0.05, 0) is 12.5 Å². The molecule has 0 saturated heterocycles. The van der Waals surface area contributed by atoms with Crippen LogP contribution in [0.2, 0.25) is 5.15 Å². The van der Waals surface area contributed by atoms with E-state index in [1.807, 2.05) is 31.2 Å². The fraction of sp³-hybridized carbons (Fsp3) is 0.231. The van der Waals surface area contributed by atoms with Gasteiger partial charge in [0.1, 0.15) is 6.33 Å². The molecule has 104 valence electrons. The van der Waals surface area contributed by atoms with Gasteiger partial charge >= 0.3 is 5.69 Å². The lowest BCUT2D eigenvalue weighted by Crippen LogP contribution is -2.19. The van der Waals surface area contributed by atoms with Crippen molar-refractivity contribution in [2.45, 2.75) is 13.5 Å². The van der Waals surface area contributed by atoms with Gasteiger partial charge in [0.2, 0.25) is 11.0 Å². The molecule has 0 fully saturated rings. The van der Waals surface area contributed by atoms with Crippen molar-refractivity contribution in [3.8, 4) is 0 Å². The molecule has 0 N–H and O–H groups in total. The summed E-state index contributed by atoms with van der Waals surface area (Å²) < 4.78 is 0. The van der Waals surface area contributed by atoms with Crippen LogP contribution in [-0.2, 0) is 6.54 Å². The molecular formula is C13H13ClN4O2. The van der Waals surface area contributed by atoms with Crippen LogP contribution in [0.5, 0.6) is 0 Å². The Bertz CT molecular complexity index is 631. The van der Waals surface area contributed by atoms with Gasteiger partial charge in [-0.25, -0.2) is 9.97 Å². The van der Waals surface area contributed by atoms with E-state index >= 15 is 0 Å². The van der Waals surface area contributed by atoms with E-state index in [0.29, 0.717) is 6.54 Å². The smallest absolute Gasteiger partial charge is 0.348 e. The van der Waals surface area contributed by atoms with Gasteiger partial charge in [-0.15, -0.1) is 0 Å². The zero-order valence-electron chi connectivity index (χ0n) is 11.1.